The maximum atomic E-state index is 12.7. The molecule has 0 spiro atoms. The van der Waals surface area contributed by atoms with Crippen molar-refractivity contribution >= 4 is 56.5 Å². The van der Waals surface area contributed by atoms with Gasteiger partial charge in [0, 0.05) is 4.47 Å². The van der Waals surface area contributed by atoms with Gasteiger partial charge in [-0.3, -0.25) is 14.5 Å². The van der Waals surface area contributed by atoms with Crippen molar-refractivity contribution in [1.82, 2.24) is 4.90 Å². The Labute approximate surface area is 192 Å². The number of hydrogen-bond donors (Lipinski definition) is 0. The van der Waals surface area contributed by atoms with Gasteiger partial charge in [0.05, 0.1) is 30.2 Å². The number of benzene rings is 2. The first kappa shape index (κ1) is 22.5. The van der Waals surface area contributed by atoms with E-state index in [4.69, 9.17) is 25.8 Å². The van der Waals surface area contributed by atoms with Crippen molar-refractivity contribution in [3.8, 4) is 17.2 Å². The molecule has 0 aromatic heterocycles. The first-order valence-electron chi connectivity index (χ1n) is 9.07. The Morgan fingerprint density at radius 3 is 2.60 bits per heavy atom. The Bertz CT molecular complexity index is 997. The quantitative estimate of drug-likeness (QED) is 0.428. The minimum Gasteiger partial charge on any atom is -0.493 e. The normalized spacial score (nSPS) is 15.1. The van der Waals surface area contributed by atoms with Crippen molar-refractivity contribution in [2.24, 2.45) is 0 Å². The fourth-order valence-corrected chi connectivity index (χ4v) is 4.22. The Kier molecular flexibility index (Phi) is 7.69. The van der Waals surface area contributed by atoms with Crippen LogP contribution in [0.1, 0.15) is 12.5 Å². The number of carbonyl (C=O) groups excluding carboxylic acids is 2. The van der Waals surface area contributed by atoms with E-state index in [-0.39, 0.29) is 24.3 Å². The number of thioether (sulfide) groups is 1. The molecule has 1 heterocycles. The summed E-state index contributed by atoms with van der Waals surface area (Å²) in [6, 6.07) is 10.6. The van der Waals surface area contributed by atoms with Gasteiger partial charge in [-0.15, -0.1) is 0 Å². The highest BCUT2D eigenvalue weighted by Crippen LogP contribution is 2.38. The van der Waals surface area contributed by atoms with Crippen molar-refractivity contribution in [2.45, 2.75) is 6.92 Å². The van der Waals surface area contributed by atoms with Gasteiger partial charge in [-0.25, -0.2) is 0 Å². The third-order valence-electron chi connectivity index (χ3n) is 4.15. The van der Waals surface area contributed by atoms with Crippen LogP contribution >= 0.6 is 39.3 Å². The van der Waals surface area contributed by atoms with Crippen LogP contribution < -0.4 is 14.2 Å². The summed E-state index contributed by atoms with van der Waals surface area (Å²) in [7, 11) is 1.54. The smallest absolute Gasteiger partial charge is 0.293 e. The van der Waals surface area contributed by atoms with E-state index < -0.39 is 0 Å². The number of halogens is 2. The minimum atomic E-state index is -0.368. The third kappa shape index (κ3) is 5.11. The number of rotatable bonds is 8. The molecule has 0 radical (unpaired) electrons. The van der Waals surface area contributed by atoms with Gasteiger partial charge in [0.15, 0.2) is 11.5 Å². The van der Waals surface area contributed by atoms with Crippen LogP contribution in [0.3, 0.4) is 0 Å². The van der Waals surface area contributed by atoms with Gasteiger partial charge >= 0.3 is 0 Å². The number of carbonyl (C=O) groups is 2. The van der Waals surface area contributed by atoms with Crippen LogP contribution in [0.2, 0.25) is 5.02 Å². The monoisotopic (exact) mass is 511 g/mol. The lowest BCUT2D eigenvalue weighted by Crippen LogP contribution is -2.32. The van der Waals surface area contributed by atoms with Gasteiger partial charge in [-0.05, 0) is 54.6 Å². The predicted molar refractivity (Wildman–Crippen MR) is 121 cm³/mol. The van der Waals surface area contributed by atoms with E-state index in [1.165, 1.54) is 0 Å². The number of para-hydroxylation sites is 1. The lowest BCUT2D eigenvalue weighted by Gasteiger charge is -2.14. The molecule has 2 amide bonds. The van der Waals surface area contributed by atoms with E-state index in [9.17, 15) is 9.59 Å². The molecule has 0 bridgehead atoms. The van der Waals surface area contributed by atoms with E-state index in [0.29, 0.717) is 39.3 Å². The molecule has 158 valence electrons. The van der Waals surface area contributed by atoms with Crippen LogP contribution in [0.5, 0.6) is 17.2 Å². The number of methoxy groups -OCH3 is 1. The summed E-state index contributed by atoms with van der Waals surface area (Å²) >= 11 is 10.4. The molecule has 1 aliphatic heterocycles. The first-order valence-corrected chi connectivity index (χ1v) is 11.1. The molecular formula is C21H19BrClNO5S. The van der Waals surface area contributed by atoms with Crippen LogP contribution in [-0.4, -0.2) is 42.9 Å². The molecule has 0 saturated carbocycles. The Hall–Kier alpha value is -2.16. The molecule has 0 N–H and O–H groups in total. The van der Waals surface area contributed by atoms with E-state index >= 15 is 0 Å². The van der Waals surface area contributed by atoms with Gasteiger partial charge in [-0.2, -0.15) is 0 Å². The van der Waals surface area contributed by atoms with Crippen molar-refractivity contribution in [1.29, 1.82) is 0 Å². The number of ether oxygens (including phenoxy) is 3. The summed E-state index contributed by atoms with van der Waals surface area (Å²) in [6.07, 6.45) is 1.65. The summed E-state index contributed by atoms with van der Waals surface area (Å²) < 4.78 is 17.2. The number of amides is 2. The minimum absolute atomic E-state index is 0.126. The second kappa shape index (κ2) is 10.2. The fraction of sp³-hybridized carbons (Fsp3) is 0.238. The van der Waals surface area contributed by atoms with E-state index in [2.05, 4.69) is 15.9 Å². The van der Waals surface area contributed by atoms with Gasteiger partial charge in [-0.1, -0.05) is 39.7 Å². The standard InChI is InChI=1S/C21H19BrClNO5S/c1-3-28-18-12-14(22)13(10-17(18)27-2)11-19-20(25)24(21(26)30-19)8-9-29-16-7-5-4-6-15(16)23/h4-7,10-12H,3,8-9H2,1-2H3/b19-11-. The lowest BCUT2D eigenvalue weighted by atomic mass is 10.2. The fourth-order valence-electron chi connectivity index (χ4n) is 2.73. The Morgan fingerprint density at radius 2 is 1.90 bits per heavy atom. The molecule has 0 unspecified atom stereocenters. The van der Waals surface area contributed by atoms with Crippen LogP contribution in [0.15, 0.2) is 45.8 Å². The summed E-state index contributed by atoms with van der Waals surface area (Å²) in [4.78, 5) is 26.5. The maximum absolute atomic E-state index is 12.7. The van der Waals surface area contributed by atoms with Crippen LogP contribution in [0.4, 0.5) is 4.79 Å². The van der Waals surface area contributed by atoms with Crippen molar-refractivity contribution in [3.05, 3.63) is 56.4 Å². The molecule has 1 fully saturated rings. The summed E-state index contributed by atoms with van der Waals surface area (Å²) in [5.74, 6) is 1.27. The SMILES string of the molecule is CCOc1cc(Br)c(/C=C2\SC(=O)N(CCOc3ccccc3Cl)C2=O)cc1OC. The molecule has 6 nitrogen and oxygen atoms in total. The number of hydrogen-bond acceptors (Lipinski definition) is 6. The first-order chi connectivity index (χ1) is 14.4. The zero-order valence-corrected chi connectivity index (χ0v) is 19.5. The van der Waals surface area contributed by atoms with Gasteiger partial charge in [0.1, 0.15) is 12.4 Å². The highest BCUT2D eigenvalue weighted by atomic mass is 79.9. The van der Waals surface area contributed by atoms with Gasteiger partial charge in [0.2, 0.25) is 0 Å². The van der Waals surface area contributed by atoms with Gasteiger partial charge in [0.25, 0.3) is 11.1 Å². The molecule has 0 aliphatic carbocycles. The lowest BCUT2D eigenvalue weighted by molar-refractivity contribution is -0.123. The molecule has 0 atom stereocenters. The number of nitrogens with zero attached hydrogens (tertiary/aromatic N) is 1. The zero-order valence-electron chi connectivity index (χ0n) is 16.3. The van der Waals surface area contributed by atoms with E-state index in [1.54, 1.807) is 49.6 Å². The predicted octanol–water partition coefficient (Wildman–Crippen LogP) is 5.63. The average Bonchev–Trinajstić information content (AvgIpc) is 2.99. The molecule has 1 aliphatic rings. The number of imide groups is 1. The highest BCUT2D eigenvalue weighted by Gasteiger charge is 2.35. The molecule has 3 rings (SSSR count). The van der Waals surface area contributed by atoms with Crippen molar-refractivity contribution < 1.29 is 23.8 Å². The van der Waals surface area contributed by atoms with Crippen LogP contribution in [-0.2, 0) is 4.79 Å². The highest BCUT2D eigenvalue weighted by molar-refractivity contribution is 9.10. The van der Waals surface area contributed by atoms with Crippen LogP contribution in [0, 0.1) is 0 Å². The molecule has 2 aromatic carbocycles. The average molecular weight is 513 g/mol. The molecule has 1 saturated heterocycles. The molecule has 30 heavy (non-hydrogen) atoms. The topological polar surface area (TPSA) is 65.1 Å². The van der Waals surface area contributed by atoms with E-state index in [0.717, 1.165) is 21.1 Å². The summed E-state index contributed by atoms with van der Waals surface area (Å²) in [6.45, 7) is 2.65. The zero-order chi connectivity index (χ0) is 21.7. The third-order valence-corrected chi connectivity index (χ3v) is 6.06. The maximum Gasteiger partial charge on any atom is 0.293 e. The molecular weight excluding hydrogens is 494 g/mol. The Morgan fingerprint density at radius 1 is 1.13 bits per heavy atom. The largest absolute Gasteiger partial charge is 0.493 e. The van der Waals surface area contributed by atoms with Crippen molar-refractivity contribution in [2.75, 3.05) is 26.9 Å². The Balaban J connectivity index is 1.72. The summed E-state index contributed by atoms with van der Waals surface area (Å²) in [5, 5.41) is 0.129. The van der Waals surface area contributed by atoms with Gasteiger partial charge < -0.3 is 14.2 Å². The second-order valence-electron chi connectivity index (χ2n) is 6.07. The van der Waals surface area contributed by atoms with E-state index in [1.807, 2.05) is 6.92 Å². The molecule has 2 aromatic rings. The van der Waals surface area contributed by atoms with Crippen LogP contribution in [0.25, 0.3) is 6.08 Å². The van der Waals surface area contributed by atoms with Crippen molar-refractivity contribution in [3.63, 3.8) is 0 Å². The molecule has 9 heteroatoms. The second-order valence-corrected chi connectivity index (χ2v) is 8.32. The summed E-state index contributed by atoms with van der Waals surface area (Å²) in [5.41, 5.74) is 0.702.